The van der Waals surface area contributed by atoms with E-state index in [-0.39, 0.29) is 5.84 Å². The van der Waals surface area contributed by atoms with Gasteiger partial charge < -0.3 is 10.6 Å². The Morgan fingerprint density at radius 2 is 2.21 bits per heavy atom. The lowest BCUT2D eigenvalue weighted by Crippen LogP contribution is -2.26. The molecule has 0 aliphatic heterocycles. The first kappa shape index (κ1) is 13.5. The monoisotopic (exact) mass is 274 g/mol. The van der Waals surface area contributed by atoms with Gasteiger partial charge in [-0.3, -0.25) is 5.41 Å². The Hall–Kier alpha value is -1.88. The topological polar surface area (TPSA) is 66.0 Å². The normalized spacial score (nSPS) is 10.4. The first-order valence-corrected chi connectivity index (χ1v) is 7.09. The summed E-state index contributed by atoms with van der Waals surface area (Å²) in [4.78, 5) is 7.98. The molecule has 2 heterocycles. The molecule has 2 aromatic rings. The summed E-state index contributed by atoms with van der Waals surface area (Å²) in [6.07, 6.45) is 0. The summed E-state index contributed by atoms with van der Waals surface area (Å²) < 4.78 is 0. The molecule has 100 valence electrons. The summed E-state index contributed by atoms with van der Waals surface area (Å²) >= 11 is 1.73. The lowest BCUT2D eigenvalue weighted by Gasteiger charge is -2.24. The summed E-state index contributed by atoms with van der Waals surface area (Å²) in [6, 6.07) is 7.91. The van der Waals surface area contributed by atoms with Crippen LogP contribution in [0, 0.1) is 12.3 Å². The molecule has 0 saturated heterocycles. The van der Waals surface area contributed by atoms with Crippen LogP contribution in [0.3, 0.4) is 0 Å². The number of nitrogens with zero attached hydrogens (tertiary/aromatic N) is 2. The number of rotatable bonds is 5. The maximum absolute atomic E-state index is 7.68. The predicted molar refractivity (Wildman–Crippen MR) is 81.0 cm³/mol. The van der Waals surface area contributed by atoms with E-state index in [0.29, 0.717) is 5.56 Å². The Bertz CT molecular complexity index is 563. The number of hydrogen-bond acceptors (Lipinski definition) is 4. The van der Waals surface area contributed by atoms with Crippen molar-refractivity contribution < 1.29 is 0 Å². The van der Waals surface area contributed by atoms with Crippen molar-refractivity contribution in [2.45, 2.75) is 20.4 Å². The van der Waals surface area contributed by atoms with Crippen molar-refractivity contribution in [2.75, 3.05) is 11.4 Å². The fourth-order valence-electron chi connectivity index (χ4n) is 1.92. The second-order valence-electron chi connectivity index (χ2n) is 4.33. The zero-order valence-electron chi connectivity index (χ0n) is 11.2. The summed E-state index contributed by atoms with van der Waals surface area (Å²) in [6.45, 7) is 5.66. The average Bonchev–Trinajstić information content (AvgIpc) is 2.88. The number of aryl methyl sites for hydroxylation is 1. The van der Waals surface area contributed by atoms with E-state index in [1.807, 2.05) is 25.1 Å². The van der Waals surface area contributed by atoms with Gasteiger partial charge in [0, 0.05) is 17.1 Å². The largest absolute Gasteiger partial charge is 0.384 e. The van der Waals surface area contributed by atoms with E-state index in [1.54, 1.807) is 11.3 Å². The summed E-state index contributed by atoms with van der Waals surface area (Å²) in [7, 11) is 0. The number of nitrogen functional groups attached to an aromatic ring is 1. The van der Waals surface area contributed by atoms with Crippen molar-refractivity contribution in [3.05, 3.63) is 45.8 Å². The van der Waals surface area contributed by atoms with Crippen LogP contribution in [0.1, 0.15) is 23.1 Å². The number of thiophene rings is 1. The van der Waals surface area contributed by atoms with E-state index in [2.05, 4.69) is 28.3 Å². The number of amidine groups is 1. The summed E-state index contributed by atoms with van der Waals surface area (Å²) in [5, 5.41) is 9.75. The maximum Gasteiger partial charge on any atom is 0.140 e. The summed E-state index contributed by atoms with van der Waals surface area (Å²) in [5.74, 6) is 0.857. The van der Waals surface area contributed by atoms with E-state index >= 15 is 0 Å². The van der Waals surface area contributed by atoms with Gasteiger partial charge in [0.2, 0.25) is 0 Å². The van der Waals surface area contributed by atoms with E-state index in [4.69, 9.17) is 11.1 Å². The van der Waals surface area contributed by atoms with E-state index in [1.165, 1.54) is 4.88 Å². The molecule has 0 atom stereocenters. The average molecular weight is 274 g/mol. The molecule has 2 aromatic heterocycles. The molecule has 4 nitrogen and oxygen atoms in total. The number of hydrogen-bond donors (Lipinski definition) is 2. The molecular formula is C14H18N4S. The minimum atomic E-state index is 0.0622. The highest BCUT2D eigenvalue weighted by Gasteiger charge is 2.14. The van der Waals surface area contributed by atoms with Gasteiger partial charge >= 0.3 is 0 Å². The molecule has 5 heteroatoms. The fraction of sp³-hybridized carbons (Fsp3) is 0.286. The Morgan fingerprint density at radius 3 is 2.79 bits per heavy atom. The van der Waals surface area contributed by atoms with Crippen molar-refractivity contribution in [3.8, 4) is 0 Å². The quantitative estimate of drug-likeness (QED) is 0.651. The number of anilines is 1. The SMILES string of the molecule is CCN(Cc1cccs1)c1nc(C)ccc1C(=N)N. The minimum absolute atomic E-state index is 0.0622. The summed E-state index contributed by atoms with van der Waals surface area (Å²) in [5.41, 5.74) is 7.28. The predicted octanol–water partition coefficient (Wildman–Crippen LogP) is 2.76. The third-order valence-electron chi connectivity index (χ3n) is 2.91. The van der Waals surface area contributed by atoms with Gasteiger partial charge in [0.1, 0.15) is 11.7 Å². The lowest BCUT2D eigenvalue weighted by molar-refractivity contribution is 0.818. The van der Waals surface area contributed by atoms with Crippen molar-refractivity contribution in [2.24, 2.45) is 5.73 Å². The van der Waals surface area contributed by atoms with Crippen LogP contribution < -0.4 is 10.6 Å². The van der Waals surface area contributed by atoms with Crippen molar-refractivity contribution in [1.82, 2.24) is 4.98 Å². The molecule has 19 heavy (non-hydrogen) atoms. The van der Waals surface area contributed by atoms with Crippen LogP contribution in [0.15, 0.2) is 29.6 Å². The Morgan fingerprint density at radius 1 is 1.42 bits per heavy atom. The van der Waals surface area contributed by atoms with Gasteiger partial charge in [0.05, 0.1) is 12.1 Å². The highest BCUT2D eigenvalue weighted by atomic mass is 32.1. The van der Waals surface area contributed by atoms with Gasteiger partial charge in [-0.15, -0.1) is 11.3 Å². The molecular weight excluding hydrogens is 256 g/mol. The van der Waals surface area contributed by atoms with Crippen molar-refractivity contribution in [1.29, 1.82) is 5.41 Å². The molecule has 3 N–H and O–H groups in total. The van der Waals surface area contributed by atoms with Crippen LogP contribution in [0.25, 0.3) is 0 Å². The van der Waals surface area contributed by atoms with Crippen LogP contribution in [-0.2, 0) is 6.54 Å². The zero-order valence-corrected chi connectivity index (χ0v) is 12.0. The second-order valence-corrected chi connectivity index (χ2v) is 5.36. The van der Waals surface area contributed by atoms with E-state index in [0.717, 1.165) is 24.6 Å². The van der Waals surface area contributed by atoms with Gasteiger partial charge in [-0.05, 0) is 37.4 Å². The molecule has 0 unspecified atom stereocenters. The molecule has 0 radical (unpaired) electrons. The molecule has 0 fully saturated rings. The van der Waals surface area contributed by atoms with Crippen LogP contribution in [0.4, 0.5) is 5.82 Å². The minimum Gasteiger partial charge on any atom is -0.384 e. The standard InChI is InChI=1S/C14H18N4S/c1-3-18(9-11-5-4-8-19-11)14-12(13(15)16)7-6-10(2)17-14/h4-8H,3,9H2,1-2H3,(H3,15,16). The van der Waals surface area contributed by atoms with Gasteiger partial charge in [-0.2, -0.15) is 0 Å². The van der Waals surface area contributed by atoms with Gasteiger partial charge in [-0.25, -0.2) is 4.98 Å². The number of nitrogens with one attached hydrogen (secondary N) is 1. The Labute approximate surface area is 117 Å². The molecule has 0 aliphatic carbocycles. The highest BCUT2D eigenvalue weighted by molar-refractivity contribution is 7.09. The van der Waals surface area contributed by atoms with Crippen LogP contribution in [0.5, 0.6) is 0 Å². The first-order chi connectivity index (χ1) is 9.11. The van der Waals surface area contributed by atoms with Gasteiger partial charge in [0.15, 0.2) is 0 Å². The molecule has 0 bridgehead atoms. The van der Waals surface area contributed by atoms with Crippen molar-refractivity contribution >= 4 is 23.0 Å². The van der Waals surface area contributed by atoms with Crippen molar-refractivity contribution in [3.63, 3.8) is 0 Å². The Balaban J connectivity index is 2.36. The smallest absolute Gasteiger partial charge is 0.140 e. The maximum atomic E-state index is 7.68. The van der Waals surface area contributed by atoms with Gasteiger partial charge in [-0.1, -0.05) is 6.07 Å². The van der Waals surface area contributed by atoms with Crippen LogP contribution >= 0.6 is 11.3 Å². The van der Waals surface area contributed by atoms with E-state index < -0.39 is 0 Å². The third-order valence-corrected chi connectivity index (χ3v) is 3.77. The van der Waals surface area contributed by atoms with Gasteiger partial charge in [0.25, 0.3) is 0 Å². The zero-order chi connectivity index (χ0) is 13.8. The third kappa shape index (κ3) is 3.12. The molecule has 0 amide bonds. The number of aromatic nitrogens is 1. The highest BCUT2D eigenvalue weighted by Crippen LogP contribution is 2.22. The number of nitrogens with two attached hydrogens (primary N) is 1. The molecule has 0 saturated carbocycles. The molecule has 0 aliphatic rings. The molecule has 0 aromatic carbocycles. The molecule has 0 spiro atoms. The van der Waals surface area contributed by atoms with Crippen LogP contribution in [0.2, 0.25) is 0 Å². The lowest BCUT2D eigenvalue weighted by atomic mass is 10.2. The number of pyridine rings is 1. The van der Waals surface area contributed by atoms with E-state index in [9.17, 15) is 0 Å². The first-order valence-electron chi connectivity index (χ1n) is 6.21. The van der Waals surface area contributed by atoms with Crippen LogP contribution in [-0.4, -0.2) is 17.4 Å². The Kier molecular flexibility index (Phi) is 4.16. The second kappa shape index (κ2) is 5.84. The fourth-order valence-corrected chi connectivity index (χ4v) is 2.64. The molecule has 2 rings (SSSR count).